The van der Waals surface area contributed by atoms with Gasteiger partial charge in [0.15, 0.2) is 0 Å². The van der Waals surface area contributed by atoms with Crippen molar-refractivity contribution in [1.82, 2.24) is 14.7 Å². The van der Waals surface area contributed by atoms with E-state index in [1.54, 1.807) is 0 Å². The lowest BCUT2D eigenvalue weighted by atomic mass is 9.91. The molecule has 2 saturated carbocycles. The number of hydrogen-bond donors (Lipinski definition) is 0. The molecular weight excluding hydrogens is 349 g/mol. The van der Waals surface area contributed by atoms with Crippen molar-refractivity contribution in [2.45, 2.75) is 32.2 Å². The molecular formula is C15H22IN3. The van der Waals surface area contributed by atoms with Crippen LogP contribution < -0.4 is 0 Å². The van der Waals surface area contributed by atoms with Crippen LogP contribution in [0.5, 0.6) is 0 Å². The van der Waals surface area contributed by atoms with E-state index in [2.05, 4.69) is 59.1 Å². The first-order valence-corrected chi connectivity index (χ1v) is 8.57. The quantitative estimate of drug-likeness (QED) is 0.746. The van der Waals surface area contributed by atoms with Crippen molar-refractivity contribution < 1.29 is 0 Å². The summed E-state index contributed by atoms with van der Waals surface area (Å²) < 4.78 is 3.43. The smallest absolute Gasteiger partial charge is 0.123 e. The maximum Gasteiger partial charge on any atom is 0.123 e. The Labute approximate surface area is 128 Å². The first kappa shape index (κ1) is 12.6. The molecule has 1 unspecified atom stereocenters. The molecule has 4 heteroatoms. The minimum atomic E-state index is 0.488. The van der Waals surface area contributed by atoms with E-state index in [1.165, 1.54) is 25.2 Å². The van der Waals surface area contributed by atoms with Crippen LogP contribution in [0, 0.1) is 27.4 Å². The van der Waals surface area contributed by atoms with Gasteiger partial charge in [0.25, 0.3) is 0 Å². The maximum atomic E-state index is 4.69. The Balaban J connectivity index is 1.60. The fraction of sp³-hybridized carbons (Fsp3) is 0.800. The molecule has 3 nitrogen and oxygen atoms in total. The monoisotopic (exact) mass is 371 g/mol. The molecule has 0 bridgehead atoms. The minimum absolute atomic E-state index is 0.488. The lowest BCUT2D eigenvalue weighted by molar-refractivity contribution is 0.375. The molecule has 0 radical (unpaired) electrons. The summed E-state index contributed by atoms with van der Waals surface area (Å²) in [5.74, 6) is 4.69. The topological polar surface area (TPSA) is 21.1 Å². The molecule has 3 aliphatic rings. The van der Waals surface area contributed by atoms with E-state index >= 15 is 0 Å². The third-order valence-corrected chi connectivity index (χ3v) is 6.07. The Morgan fingerprint density at radius 2 is 2.11 bits per heavy atom. The summed E-state index contributed by atoms with van der Waals surface area (Å²) in [6, 6.07) is 2.82. The Bertz CT molecular complexity index is 509. The molecule has 1 saturated heterocycles. The highest BCUT2D eigenvalue weighted by Gasteiger charge is 2.64. The van der Waals surface area contributed by atoms with Crippen molar-refractivity contribution in [1.29, 1.82) is 0 Å². The van der Waals surface area contributed by atoms with Gasteiger partial charge in [-0.05, 0) is 79.6 Å². The van der Waals surface area contributed by atoms with Crippen LogP contribution in [0.2, 0.25) is 0 Å². The Morgan fingerprint density at radius 3 is 2.84 bits per heavy atom. The lowest BCUT2D eigenvalue weighted by Gasteiger charge is -2.17. The molecule has 3 fully saturated rings. The molecule has 104 valence electrons. The van der Waals surface area contributed by atoms with Crippen molar-refractivity contribution in [3.63, 3.8) is 0 Å². The normalized spacial score (nSPS) is 40.8. The number of halogens is 1. The van der Waals surface area contributed by atoms with Gasteiger partial charge in [-0.1, -0.05) is 0 Å². The molecule has 2 aliphatic carbocycles. The van der Waals surface area contributed by atoms with Gasteiger partial charge < -0.3 is 4.90 Å². The van der Waals surface area contributed by atoms with Gasteiger partial charge in [0.1, 0.15) is 3.70 Å². The first-order valence-electron chi connectivity index (χ1n) is 7.49. The highest BCUT2D eigenvalue weighted by molar-refractivity contribution is 14.1. The van der Waals surface area contributed by atoms with Gasteiger partial charge in [0.2, 0.25) is 0 Å². The minimum Gasteiger partial charge on any atom is -0.306 e. The summed E-state index contributed by atoms with van der Waals surface area (Å²) in [4.78, 5) is 2.53. The van der Waals surface area contributed by atoms with Gasteiger partial charge in [0.05, 0.1) is 0 Å². The highest BCUT2D eigenvalue weighted by Crippen LogP contribution is 2.68. The number of aromatic nitrogens is 2. The van der Waals surface area contributed by atoms with Gasteiger partial charge in [-0.2, -0.15) is 5.10 Å². The number of fused-ring (bicyclic) bond motifs is 3. The van der Waals surface area contributed by atoms with Crippen molar-refractivity contribution in [2.24, 2.45) is 23.7 Å². The van der Waals surface area contributed by atoms with Gasteiger partial charge in [-0.15, -0.1) is 0 Å². The van der Waals surface area contributed by atoms with E-state index in [4.69, 9.17) is 5.10 Å². The molecule has 4 rings (SSSR count). The van der Waals surface area contributed by atoms with E-state index in [-0.39, 0.29) is 0 Å². The zero-order chi connectivity index (χ0) is 13.3. The van der Waals surface area contributed by atoms with Gasteiger partial charge in [-0.25, -0.2) is 0 Å². The molecule has 2 heterocycles. The van der Waals surface area contributed by atoms with E-state index in [0.717, 1.165) is 33.3 Å². The third-order valence-electron chi connectivity index (χ3n) is 5.54. The largest absolute Gasteiger partial charge is 0.306 e. The average molecular weight is 371 g/mol. The van der Waals surface area contributed by atoms with Crippen molar-refractivity contribution >= 4 is 22.6 Å². The summed E-state index contributed by atoms with van der Waals surface area (Å²) in [6.45, 7) is 7.16. The Morgan fingerprint density at radius 1 is 1.32 bits per heavy atom. The average Bonchev–Trinajstić information content (AvgIpc) is 2.62. The van der Waals surface area contributed by atoms with Crippen LogP contribution in [-0.4, -0.2) is 34.8 Å². The second-order valence-electron chi connectivity index (χ2n) is 7.08. The lowest BCUT2D eigenvalue weighted by Crippen LogP contribution is -2.15. The summed E-state index contributed by atoms with van der Waals surface area (Å²) >= 11 is 2.36. The number of nitrogens with zero attached hydrogens (tertiary/aromatic N) is 3. The first-order chi connectivity index (χ1) is 9.06. The predicted octanol–water partition coefficient (Wildman–Crippen LogP) is 2.98. The predicted molar refractivity (Wildman–Crippen MR) is 84.1 cm³/mol. The van der Waals surface area contributed by atoms with Crippen molar-refractivity contribution in [3.05, 3.63) is 15.5 Å². The van der Waals surface area contributed by atoms with E-state index in [1.807, 2.05) is 0 Å². The van der Waals surface area contributed by atoms with Crippen molar-refractivity contribution in [3.8, 4) is 0 Å². The van der Waals surface area contributed by atoms with Gasteiger partial charge in [0, 0.05) is 30.7 Å². The van der Waals surface area contributed by atoms with Crippen LogP contribution in [0.25, 0.3) is 0 Å². The van der Waals surface area contributed by atoms with Crippen LogP contribution in [-0.2, 0) is 0 Å². The number of hydrogen-bond acceptors (Lipinski definition) is 2. The van der Waals surface area contributed by atoms with Gasteiger partial charge in [-0.3, -0.25) is 4.68 Å². The summed E-state index contributed by atoms with van der Waals surface area (Å²) in [5.41, 5.74) is 1.52. The van der Waals surface area contributed by atoms with Gasteiger partial charge >= 0.3 is 0 Å². The van der Waals surface area contributed by atoms with E-state index in [0.29, 0.717) is 6.04 Å². The number of likely N-dealkylation sites (tertiary alicyclic amines) is 1. The molecule has 0 N–H and O–H groups in total. The summed E-state index contributed by atoms with van der Waals surface area (Å²) in [5, 5.41) is 4.69. The molecule has 1 aromatic heterocycles. The Hall–Kier alpha value is -0.100. The zero-order valence-electron chi connectivity index (χ0n) is 11.9. The maximum absolute atomic E-state index is 4.69. The summed E-state index contributed by atoms with van der Waals surface area (Å²) in [6.07, 6.45) is 1.46. The molecule has 1 aliphatic heterocycles. The SMILES string of the molecule is CC(C)n1nc(I)cc1[C@H]1[C@@H]2CC3CN(C)C[C@H]3[C@@H]21. The van der Waals surface area contributed by atoms with E-state index in [9.17, 15) is 0 Å². The molecule has 0 spiro atoms. The van der Waals surface area contributed by atoms with Crippen LogP contribution in [0.15, 0.2) is 6.07 Å². The van der Waals surface area contributed by atoms with Crippen LogP contribution in [0.4, 0.5) is 0 Å². The second-order valence-corrected chi connectivity index (χ2v) is 8.18. The summed E-state index contributed by atoms with van der Waals surface area (Å²) in [7, 11) is 2.28. The van der Waals surface area contributed by atoms with Crippen LogP contribution in [0.3, 0.4) is 0 Å². The standard InChI is InChI=1S/C15H22IN3/c1-8(2)19-12(5-13(16)17-19)15-10-4-9-6-18(3)7-11(9)14(10)15/h5,8-11,14-15H,4,6-7H2,1-3H3/t9?,10-,11-,14-,15-/m1/s1. The van der Waals surface area contributed by atoms with Crippen molar-refractivity contribution in [2.75, 3.05) is 20.1 Å². The fourth-order valence-corrected chi connectivity index (χ4v) is 5.45. The molecule has 5 atom stereocenters. The fourth-order valence-electron chi connectivity index (χ4n) is 4.90. The van der Waals surface area contributed by atoms with E-state index < -0.39 is 0 Å². The molecule has 0 aromatic carbocycles. The highest BCUT2D eigenvalue weighted by atomic mass is 127. The third kappa shape index (κ3) is 1.82. The molecule has 0 amide bonds. The molecule has 19 heavy (non-hydrogen) atoms. The van der Waals surface area contributed by atoms with Crippen LogP contribution in [0.1, 0.15) is 37.9 Å². The zero-order valence-corrected chi connectivity index (χ0v) is 14.0. The molecule has 1 aromatic rings. The number of rotatable bonds is 2. The Kier molecular flexibility index (Phi) is 2.79. The van der Waals surface area contributed by atoms with Crippen LogP contribution >= 0.6 is 22.6 Å². The second kappa shape index (κ2) is 4.20.